The molecule has 3 N–H and O–H groups in total. The third-order valence-electron chi connectivity index (χ3n) is 4.17. The maximum Gasteiger partial charge on any atom is 0.124 e. The zero-order chi connectivity index (χ0) is 14.5. The largest absolute Gasteiger partial charge is 0.507 e. The first-order chi connectivity index (χ1) is 9.60. The summed E-state index contributed by atoms with van der Waals surface area (Å²) >= 11 is 0. The molecule has 0 saturated heterocycles. The number of hydrogen-bond acceptors (Lipinski definition) is 4. The van der Waals surface area contributed by atoms with E-state index in [1.165, 1.54) is 6.42 Å². The summed E-state index contributed by atoms with van der Waals surface area (Å²) in [5, 5.41) is 23.1. The van der Waals surface area contributed by atoms with Crippen molar-refractivity contribution in [3.8, 4) is 11.5 Å². The van der Waals surface area contributed by atoms with Gasteiger partial charge in [-0.25, -0.2) is 0 Å². The lowest BCUT2D eigenvalue weighted by molar-refractivity contribution is 0.0997. The highest BCUT2D eigenvalue weighted by atomic mass is 16.5. The van der Waals surface area contributed by atoms with E-state index >= 15 is 0 Å². The molecular formula is C16H25NO3. The summed E-state index contributed by atoms with van der Waals surface area (Å²) in [6.45, 7) is 2.92. The van der Waals surface area contributed by atoms with Gasteiger partial charge >= 0.3 is 0 Å². The zero-order valence-corrected chi connectivity index (χ0v) is 12.3. The van der Waals surface area contributed by atoms with E-state index in [0.717, 1.165) is 31.4 Å². The lowest BCUT2D eigenvalue weighted by atomic mass is 9.87. The van der Waals surface area contributed by atoms with Gasteiger partial charge in [0.15, 0.2) is 0 Å². The first kappa shape index (κ1) is 15.1. The molecule has 1 aromatic rings. The zero-order valence-electron chi connectivity index (χ0n) is 12.3. The van der Waals surface area contributed by atoms with Crippen LogP contribution in [-0.2, 0) is 0 Å². The second-order valence-corrected chi connectivity index (χ2v) is 5.74. The van der Waals surface area contributed by atoms with Crippen molar-refractivity contribution in [1.29, 1.82) is 0 Å². The number of ether oxygens (including phenoxy) is 1. The van der Waals surface area contributed by atoms with Crippen molar-refractivity contribution in [1.82, 2.24) is 5.32 Å². The second-order valence-electron chi connectivity index (χ2n) is 5.74. The summed E-state index contributed by atoms with van der Waals surface area (Å²) in [4.78, 5) is 0. The molecule has 1 fully saturated rings. The van der Waals surface area contributed by atoms with Crippen LogP contribution in [0.3, 0.4) is 0 Å². The van der Waals surface area contributed by atoms with Gasteiger partial charge in [-0.2, -0.15) is 0 Å². The Hall–Kier alpha value is -1.26. The summed E-state index contributed by atoms with van der Waals surface area (Å²) in [6, 6.07) is 5.47. The summed E-state index contributed by atoms with van der Waals surface area (Å²) in [7, 11) is 1.59. The average Bonchev–Trinajstić information content (AvgIpc) is 2.44. The van der Waals surface area contributed by atoms with Gasteiger partial charge in [-0.3, -0.25) is 0 Å². The Morgan fingerprint density at radius 1 is 1.40 bits per heavy atom. The molecule has 0 bridgehead atoms. The van der Waals surface area contributed by atoms with Crippen molar-refractivity contribution in [3.63, 3.8) is 0 Å². The molecule has 0 heterocycles. The second kappa shape index (κ2) is 6.95. The summed E-state index contributed by atoms with van der Waals surface area (Å²) < 4.78 is 5.09. The molecule has 3 atom stereocenters. The molecule has 3 unspecified atom stereocenters. The molecule has 0 amide bonds. The Morgan fingerprint density at radius 3 is 2.85 bits per heavy atom. The van der Waals surface area contributed by atoms with Gasteiger partial charge < -0.3 is 20.3 Å². The van der Waals surface area contributed by atoms with Gasteiger partial charge in [0.1, 0.15) is 11.5 Å². The molecule has 1 aromatic carbocycles. The minimum absolute atomic E-state index is 0.0833. The van der Waals surface area contributed by atoms with E-state index in [2.05, 4.69) is 5.32 Å². The van der Waals surface area contributed by atoms with Crippen LogP contribution < -0.4 is 10.1 Å². The van der Waals surface area contributed by atoms with Crippen molar-refractivity contribution >= 4 is 0 Å². The molecule has 1 aliphatic rings. The number of rotatable bonds is 5. The standard InChI is InChI=1S/C16H25NO3/c1-11(15-7-6-14(20-2)9-16(15)19)17-10-12-4-3-5-13(18)8-12/h6-7,9,11-13,17-19H,3-5,8,10H2,1-2H3. The summed E-state index contributed by atoms with van der Waals surface area (Å²) in [6.07, 6.45) is 3.96. The molecule has 112 valence electrons. The van der Waals surface area contributed by atoms with Crippen LogP contribution in [0, 0.1) is 5.92 Å². The fraction of sp³-hybridized carbons (Fsp3) is 0.625. The minimum atomic E-state index is -0.139. The van der Waals surface area contributed by atoms with Gasteiger partial charge in [-0.15, -0.1) is 0 Å². The smallest absolute Gasteiger partial charge is 0.124 e. The molecule has 2 rings (SSSR count). The van der Waals surface area contributed by atoms with Crippen LogP contribution in [0.25, 0.3) is 0 Å². The predicted molar refractivity (Wildman–Crippen MR) is 79.0 cm³/mol. The van der Waals surface area contributed by atoms with Gasteiger partial charge in [0.05, 0.1) is 13.2 Å². The third kappa shape index (κ3) is 3.87. The molecule has 0 radical (unpaired) electrons. The molecule has 4 nitrogen and oxygen atoms in total. The Balaban J connectivity index is 1.89. The van der Waals surface area contributed by atoms with E-state index in [4.69, 9.17) is 4.74 Å². The number of aliphatic hydroxyl groups excluding tert-OH is 1. The van der Waals surface area contributed by atoms with Crippen LogP contribution >= 0.6 is 0 Å². The predicted octanol–water partition coefficient (Wildman–Crippen LogP) is 2.60. The summed E-state index contributed by atoms with van der Waals surface area (Å²) in [5.41, 5.74) is 0.877. The molecule has 1 aliphatic carbocycles. The summed E-state index contributed by atoms with van der Waals surface area (Å²) in [5.74, 6) is 1.45. The van der Waals surface area contributed by atoms with Crippen LogP contribution in [0.4, 0.5) is 0 Å². The monoisotopic (exact) mass is 279 g/mol. The maximum atomic E-state index is 10.0. The van der Waals surface area contributed by atoms with E-state index < -0.39 is 0 Å². The number of phenolic OH excluding ortho intramolecular Hbond substituents is 1. The van der Waals surface area contributed by atoms with Gasteiger partial charge in [0.25, 0.3) is 0 Å². The van der Waals surface area contributed by atoms with Gasteiger partial charge in [-0.05, 0) is 44.7 Å². The van der Waals surface area contributed by atoms with Crippen molar-refractivity contribution < 1.29 is 14.9 Å². The number of aromatic hydroxyl groups is 1. The number of aliphatic hydroxyl groups is 1. The number of phenols is 1. The van der Waals surface area contributed by atoms with E-state index in [0.29, 0.717) is 11.7 Å². The molecule has 1 saturated carbocycles. The Labute approximate surface area is 120 Å². The van der Waals surface area contributed by atoms with E-state index in [9.17, 15) is 10.2 Å². The number of benzene rings is 1. The lowest BCUT2D eigenvalue weighted by Crippen LogP contribution is -2.30. The molecule has 20 heavy (non-hydrogen) atoms. The maximum absolute atomic E-state index is 10.0. The molecule has 0 aliphatic heterocycles. The van der Waals surface area contributed by atoms with Crippen LogP contribution in [0.15, 0.2) is 18.2 Å². The fourth-order valence-electron chi connectivity index (χ4n) is 2.92. The van der Waals surface area contributed by atoms with Crippen LogP contribution in [0.5, 0.6) is 11.5 Å². The quantitative estimate of drug-likeness (QED) is 0.775. The topological polar surface area (TPSA) is 61.7 Å². The Kier molecular flexibility index (Phi) is 5.26. The van der Waals surface area contributed by atoms with Gasteiger partial charge in [0.2, 0.25) is 0 Å². The first-order valence-corrected chi connectivity index (χ1v) is 7.38. The molecule has 0 aromatic heterocycles. The van der Waals surface area contributed by atoms with Gasteiger partial charge in [-0.1, -0.05) is 12.5 Å². The van der Waals surface area contributed by atoms with Crippen LogP contribution in [0.2, 0.25) is 0 Å². The van der Waals surface area contributed by atoms with Gasteiger partial charge in [0, 0.05) is 17.7 Å². The number of methoxy groups -OCH3 is 1. The minimum Gasteiger partial charge on any atom is -0.507 e. The average molecular weight is 279 g/mol. The van der Waals surface area contributed by atoms with Crippen LogP contribution in [-0.4, -0.2) is 30.0 Å². The van der Waals surface area contributed by atoms with E-state index in [-0.39, 0.29) is 17.9 Å². The Bertz CT molecular complexity index is 436. The van der Waals surface area contributed by atoms with E-state index in [1.807, 2.05) is 19.1 Å². The Morgan fingerprint density at radius 2 is 2.20 bits per heavy atom. The highest BCUT2D eigenvalue weighted by molar-refractivity contribution is 5.41. The highest BCUT2D eigenvalue weighted by Gasteiger charge is 2.21. The van der Waals surface area contributed by atoms with Crippen LogP contribution in [0.1, 0.15) is 44.2 Å². The molecule has 4 heteroatoms. The van der Waals surface area contributed by atoms with Crippen molar-refractivity contribution in [3.05, 3.63) is 23.8 Å². The third-order valence-corrected chi connectivity index (χ3v) is 4.17. The normalized spacial score (nSPS) is 24.4. The lowest BCUT2D eigenvalue weighted by Gasteiger charge is -2.27. The fourth-order valence-corrected chi connectivity index (χ4v) is 2.92. The first-order valence-electron chi connectivity index (χ1n) is 7.38. The number of nitrogens with one attached hydrogen (secondary N) is 1. The molecular weight excluding hydrogens is 254 g/mol. The SMILES string of the molecule is COc1ccc(C(C)NCC2CCCC(O)C2)c(O)c1. The highest BCUT2D eigenvalue weighted by Crippen LogP contribution is 2.29. The molecule has 0 spiro atoms. The van der Waals surface area contributed by atoms with Crippen molar-refractivity contribution in [2.45, 2.75) is 44.8 Å². The van der Waals surface area contributed by atoms with E-state index in [1.54, 1.807) is 13.2 Å². The van der Waals surface area contributed by atoms with Crippen molar-refractivity contribution in [2.24, 2.45) is 5.92 Å². The van der Waals surface area contributed by atoms with Crippen molar-refractivity contribution in [2.75, 3.05) is 13.7 Å². The number of hydrogen-bond donors (Lipinski definition) is 3.